The number of hydrogen-bond acceptors (Lipinski definition) is 4. The van der Waals surface area contributed by atoms with E-state index in [1.165, 1.54) is 10.6 Å². The third-order valence-electron chi connectivity index (χ3n) is 3.32. The van der Waals surface area contributed by atoms with Gasteiger partial charge in [-0.2, -0.15) is 17.6 Å². The molecule has 0 saturated carbocycles. The highest BCUT2D eigenvalue weighted by atomic mass is 19.3. The highest BCUT2D eigenvalue weighted by molar-refractivity contribution is 5.97. The van der Waals surface area contributed by atoms with Crippen LogP contribution in [0, 0.1) is 0 Å². The molecule has 2 aromatic rings. The number of amides is 2. The molecule has 0 aliphatic heterocycles. The van der Waals surface area contributed by atoms with Gasteiger partial charge in [0.25, 0.3) is 11.8 Å². The number of aromatic nitrogens is 1. The van der Waals surface area contributed by atoms with Gasteiger partial charge in [-0.05, 0) is 30.3 Å². The molecular weight excluding hydrogens is 386 g/mol. The number of hydrogen-bond donors (Lipinski definition) is 2. The second-order valence-electron chi connectivity index (χ2n) is 5.24. The molecule has 0 spiro atoms. The number of carbonyl (C=O) groups excluding carboxylic acids is 2. The van der Waals surface area contributed by atoms with E-state index in [1.807, 2.05) is 0 Å². The first-order valence-corrected chi connectivity index (χ1v) is 7.69. The van der Waals surface area contributed by atoms with Gasteiger partial charge in [0.15, 0.2) is 0 Å². The number of halogens is 4. The molecule has 0 bridgehead atoms. The number of nitrogens with zero attached hydrogens (tertiary/aromatic N) is 1. The van der Waals surface area contributed by atoms with E-state index in [0.717, 1.165) is 30.4 Å². The molecule has 2 N–H and O–H groups in total. The molecule has 1 heterocycles. The van der Waals surface area contributed by atoms with Crippen LogP contribution in [0.4, 0.5) is 17.6 Å². The van der Waals surface area contributed by atoms with E-state index in [0.29, 0.717) is 5.69 Å². The van der Waals surface area contributed by atoms with Gasteiger partial charge < -0.3 is 14.0 Å². The first kappa shape index (κ1) is 20.8. The molecule has 0 aliphatic rings. The van der Waals surface area contributed by atoms with E-state index in [9.17, 15) is 27.2 Å². The van der Waals surface area contributed by atoms with Gasteiger partial charge in [0.05, 0.1) is 0 Å². The summed E-state index contributed by atoms with van der Waals surface area (Å²) in [5.41, 5.74) is 4.59. The Morgan fingerprint density at radius 1 is 1.07 bits per heavy atom. The summed E-state index contributed by atoms with van der Waals surface area (Å²) in [5.74, 6) is -2.19. The molecular formula is C17H15F4N3O4. The van der Waals surface area contributed by atoms with Crippen molar-refractivity contribution in [3.8, 4) is 11.5 Å². The SMILES string of the molecule is Cn1cccc1C(=O)NNC(=O)/C=C/c1ccc(OC(F)F)cc1OC(F)F. The number of aryl methyl sites for hydroxylation is 1. The summed E-state index contributed by atoms with van der Waals surface area (Å²) in [4.78, 5) is 23.6. The van der Waals surface area contributed by atoms with E-state index in [2.05, 4.69) is 20.3 Å². The lowest BCUT2D eigenvalue weighted by atomic mass is 10.1. The smallest absolute Gasteiger partial charge is 0.387 e. The fourth-order valence-electron chi connectivity index (χ4n) is 2.11. The number of carbonyl (C=O) groups is 2. The van der Waals surface area contributed by atoms with Gasteiger partial charge in [-0.25, -0.2) is 0 Å². The van der Waals surface area contributed by atoms with Crippen LogP contribution >= 0.6 is 0 Å². The first-order chi connectivity index (χ1) is 13.3. The van der Waals surface area contributed by atoms with E-state index in [4.69, 9.17) is 0 Å². The van der Waals surface area contributed by atoms with Crippen LogP contribution in [0.1, 0.15) is 16.1 Å². The summed E-state index contributed by atoms with van der Waals surface area (Å²) in [7, 11) is 1.64. The molecule has 7 nitrogen and oxygen atoms in total. The zero-order valence-electron chi connectivity index (χ0n) is 14.4. The van der Waals surface area contributed by atoms with Gasteiger partial charge in [-0.3, -0.25) is 20.4 Å². The van der Waals surface area contributed by atoms with Crippen LogP contribution in [0.15, 0.2) is 42.6 Å². The minimum absolute atomic E-state index is 0.00540. The summed E-state index contributed by atoms with van der Waals surface area (Å²) >= 11 is 0. The lowest BCUT2D eigenvalue weighted by Crippen LogP contribution is -2.41. The van der Waals surface area contributed by atoms with Crippen molar-refractivity contribution in [3.63, 3.8) is 0 Å². The molecule has 2 rings (SSSR count). The topological polar surface area (TPSA) is 81.6 Å². The third kappa shape index (κ3) is 6.04. The van der Waals surface area contributed by atoms with Gasteiger partial charge >= 0.3 is 13.2 Å². The Bertz CT molecular complexity index is 868. The Balaban J connectivity index is 2.03. The van der Waals surface area contributed by atoms with Crippen LogP contribution < -0.4 is 20.3 Å². The van der Waals surface area contributed by atoms with Crippen LogP contribution in [0.5, 0.6) is 11.5 Å². The van der Waals surface area contributed by atoms with Crippen molar-refractivity contribution in [2.45, 2.75) is 13.2 Å². The average molecular weight is 401 g/mol. The maximum atomic E-state index is 12.5. The van der Waals surface area contributed by atoms with Crippen molar-refractivity contribution in [1.82, 2.24) is 15.4 Å². The lowest BCUT2D eigenvalue weighted by molar-refractivity contribution is -0.117. The average Bonchev–Trinajstić information content (AvgIpc) is 3.04. The number of rotatable bonds is 7. The predicted octanol–water partition coefficient (Wildman–Crippen LogP) is 2.70. The largest absolute Gasteiger partial charge is 0.435 e. The predicted molar refractivity (Wildman–Crippen MR) is 89.8 cm³/mol. The molecule has 1 aromatic heterocycles. The minimum atomic E-state index is -3.22. The Morgan fingerprint density at radius 3 is 2.39 bits per heavy atom. The molecule has 0 radical (unpaired) electrons. The number of benzene rings is 1. The van der Waals surface area contributed by atoms with Crippen molar-refractivity contribution in [2.24, 2.45) is 7.05 Å². The molecule has 0 atom stereocenters. The standard InChI is InChI=1S/C17H15F4N3O4/c1-24-8-2-3-12(24)15(26)23-22-14(25)7-5-10-4-6-11(27-16(18)19)9-13(10)28-17(20)21/h2-9,16-17H,1H3,(H,22,25)(H,23,26)/b7-5+. The van der Waals surface area contributed by atoms with Crippen LogP contribution in [-0.4, -0.2) is 29.6 Å². The Kier molecular flexibility index (Phi) is 7.02. The van der Waals surface area contributed by atoms with Crippen molar-refractivity contribution in [2.75, 3.05) is 0 Å². The molecule has 150 valence electrons. The quantitative estimate of drug-likeness (QED) is 0.425. The maximum absolute atomic E-state index is 12.5. The summed E-state index contributed by atoms with van der Waals surface area (Å²) in [6.07, 6.45) is 3.68. The van der Waals surface area contributed by atoms with Crippen molar-refractivity contribution in [1.29, 1.82) is 0 Å². The molecule has 0 saturated heterocycles. The maximum Gasteiger partial charge on any atom is 0.387 e. The minimum Gasteiger partial charge on any atom is -0.435 e. The highest BCUT2D eigenvalue weighted by Crippen LogP contribution is 2.28. The molecule has 28 heavy (non-hydrogen) atoms. The van der Waals surface area contributed by atoms with Crippen molar-refractivity contribution < 1.29 is 36.6 Å². The van der Waals surface area contributed by atoms with Gasteiger partial charge in [0.1, 0.15) is 17.2 Å². The van der Waals surface area contributed by atoms with E-state index in [1.54, 1.807) is 19.3 Å². The van der Waals surface area contributed by atoms with Crippen molar-refractivity contribution in [3.05, 3.63) is 53.9 Å². The van der Waals surface area contributed by atoms with E-state index in [-0.39, 0.29) is 11.3 Å². The number of hydrazine groups is 1. The lowest BCUT2D eigenvalue weighted by Gasteiger charge is -2.11. The first-order valence-electron chi connectivity index (χ1n) is 7.69. The second kappa shape index (κ2) is 9.44. The number of nitrogens with one attached hydrogen (secondary N) is 2. The molecule has 11 heteroatoms. The van der Waals surface area contributed by atoms with E-state index >= 15 is 0 Å². The zero-order valence-corrected chi connectivity index (χ0v) is 14.4. The highest BCUT2D eigenvalue weighted by Gasteiger charge is 2.13. The summed E-state index contributed by atoms with van der Waals surface area (Å²) in [5, 5.41) is 0. The van der Waals surface area contributed by atoms with Crippen LogP contribution in [0.25, 0.3) is 6.08 Å². The van der Waals surface area contributed by atoms with Gasteiger partial charge in [0, 0.05) is 31.0 Å². The Hall–Kier alpha value is -3.50. The summed E-state index contributed by atoms with van der Waals surface area (Å²) in [6.45, 7) is -6.35. The summed E-state index contributed by atoms with van der Waals surface area (Å²) < 4.78 is 59.4. The molecule has 0 aliphatic carbocycles. The van der Waals surface area contributed by atoms with Gasteiger partial charge in [-0.1, -0.05) is 0 Å². The van der Waals surface area contributed by atoms with Crippen LogP contribution in [0.2, 0.25) is 0 Å². The summed E-state index contributed by atoms with van der Waals surface area (Å²) in [6, 6.07) is 6.27. The van der Waals surface area contributed by atoms with Crippen molar-refractivity contribution >= 4 is 17.9 Å². The Morgan fingerprint density at radius 2 is 1.79 bits per heavy atom. The fourth-order valence-corrected chi connectivity index (χ4v) is 2.11. The van der Waals surface area contributed by atoms with Crippen LogP contribution in [-0.2, 0) is 11.8 Å². The monoisotopic (exact) mass is 401 g/mol. The second-order valence-corrected chi connectivity index (χ2v) is 5.24. The normalized spacial score (nSPS) is 11.1. The van der Waals surface area contributed by atoms with Gasteiger partial charge in [0.2, 0.25) is 0 Å². The molecule has 2 amide bonds. The molecule has 1 aromatic carbocycles. The van der Waals surface area contributed by atoms with E-state index < -0.39 is 30.8 Å². The molecule has 0 unspecified atom stereocenters. The fraction of sp³-hybridized carbons (Fsp3) is 0.176. The Labute approximate surface area is 156 Å². The zero-order chi connectivity index (χ0) is 20.7. The van der Waals surface area contributed by atoms with Crippen LogP contribution in [0.3, 0.4) is 0 Å². The van der Waals surface area contributed by atoms with Gasteiger partial charge in [-0.15, -0.1) is 0 Å². The number of ether oxygens (including phenoxy) is 2. The molecule has 0 fully saturated rings. The number of alkyl halides is 4. The third-order valence-corrected chi connectivity index (χ3v) is 3.32.